The maximum Gasteiger partial charge on any atom is 0.160 e. The molecule has 0 rings (SSSR count). The summed E-state index contributed by atoms with van der Waals surface area (Å²) >= 11 is 0. The zero-order chi connectivity index (χ0) is 5.86. The SMILES string of the molecule is C/C(F)=C(\F)C[O]. The lowest BCUT2D eigenvalue weighted by Crippen LogP contribution is -1.80. The quantitative estimate of drug-likeness (QED) is 0.485. The molecule has 0 aromatic carbocycles. The molecule has 0 unspecified atom stereocenters. The Morgan fingerprint density at radius 2 is 2.00 bits per heavy atom. The molecule has 1 nitrogen and oxygen atoms in total. The van der Waals surface area contributed by atoms with E-state index in [9.17, 15) is 13.9 Å². The van der Waals surface area contributed by atoms with E-state index in [1.54, 1.807) is 0 Å². The molecule has 0 aliphatic carbocycles. The molecule has 0 aromatic rings. The molecule has 0 fully saturated rings. The molecule has 0 saturated carbocycles. The van der Waals surface area contributed by atoms with Gasteiger partial charge in [-0.25, -0.2) is 13.9 Å². The Labute approximate surface area is 40.3 Å². The number of rotatable bonds is 1. The summed E-state index contributed by atoms with van der Waals surface area (Å²) in [6, 6.07) is 0. The standard InChI is InChI=1S/C4H5F2O/c1-3(5)4(6)2-7/h2H2,1H3/b4-3+. The number of halogens is 2. The number of hydrogen-bond acceptors (Lipinski definition) is 0. The third kappa shape index (κ3) is 2.28. The van der Waals surface area contributed by atoms with Gasteiger partial charge in [0.25, 0.3) is 0 Å². The van der Waals surface area contributed by atoms with Crippen LogP contribution < -0.4 is 0 Å². The van der Waals surface area contributed by atoms with Crippen molar-refractivity contribution in [3.05, 3.63) is 11.7 Å². The molecular formula is C4H5F2O. The summed E-state index contributed by atoms with van der Waals surface area (Å²) in [5.41, 5.74) is 0. The van der Waals surface area contributed by atoms with Gasteiger partial charge in [0.2, 0.25) is 0 Å². The first-order valence-corrected chi connectivity index (χ1v) is 1.77. The van der Waals surface area contributed by atoms with E-state index in [2.05, 4.69) is 0 Å². The predicted molar refractivity (Wildman–Crippen MR) is 20.5 cm³/mol. The van der Waals surface area contributed by atoms with Gasteiger partial charge in [0, 0.05) is 0 Å². The Bertz CT molecular complexity index is 83.7. The molecule has 0 aliphatic heterocycles. The molecule has 0 aliphatic rings. The molecule has 7 heavy (non-hydrogen) atoms. The fourth-order valence-corrected chi connectivity index (χ4v) is 0.0994. The highest BCUT2D eigenvalue weighted by molar-refractivity contribution is 4.95. The second-order valence-electron chi connectivity index (χ2n) is 1.08. The Morgan fingerprint density at radius 1 is 1.57 bits per heavy atom. The Kier molecular flexibility index (Phi) is 2.52. The molecule has 0 atom stereocenters. The van der Waals surface area contributed by atoms with Crippen molar-refractivity contribution in [2.75, 3.05) is 6.61 Å². The van der Waals surface area contributed by atoms with Crippen LogP contribution in [-0.4, -0.2) is 6.61 Å². The topological polar surface area (TPSA) is 19.9 Å². The van der Waals surface area contributed by atoms with Gasteiger partial charge in [0.05, 0.1) is 0 Å². The normalized spacial score (nSPS) is 13.7. The predicted octanol–water partition coefficient (Wildman–Crippen LogP) is 1.59. The summed E-state index contributed by atoms with van der Waals surface area (Å²) in [4.78, 5) is 0. The first-order chi connectivity index (χ1) is 3.18. The number of hydrogen-bond donors (Lipinski definition) is 0. The summed E-state index contributed by atoms with van der Waals surface area (Å²) in [6.07, 6.45) is 0. The molecule has 0 amide bonds. The summed E-state index contributed by atoms with van der Waals surface area (Å²) in [7, 11) is 0. The largest absolute Gasteiger partial charge is 0.229 e. The van der Waals surface area contributed by atoms with Crippen molar-refractivity contribution in [1.29, 1.82) is 0 Å². The first kappa shape index (κ1) is 6.56. The molecule has 0 saturated heterocycles. The highest BCUT2D eigenvalue weighted by atomic mass is 19.2. The van der Waals surface area contributed by atoms with Crippen LogP contribution in [0.25, 0.3) is 0 Å². The van der Waals surface area contributed by atoms with E-state index < -0.39 is 18.3 Å². The van der Waals surface area contributed by atoms with Crippen molar-refractivity contribution in [2.24, 2.45) is 0 Å². The summed E-state index contributed by atoms with van der Waals surface area (Å²) in [6.45, 7) is -0.185. The van der Waals surface area contributed by atoms with Gasteiger partial charge >= 0.3 is 0 Å². The van der Waals surface area contributed by atoms with Crippen LogP contribution in [0.2, 0.25) is 0 Å². The molecule has 0 bridgehead atoms. The lowest BCUT2D eigenvalue weighted by atomic mass is 10.5. The zero-order valence-corrected chi connectivity index (χ0v) is 3.87. The van der Waals surface area contributed by atoms with Gasteiger partial charge in [-0.15, -0.1) is 0 Å². The molecule has 1 radical (unpaired) electrons. The van der Waals surface area contributed by atoms with Gasteiger partial charge < -0.3 is 0 Å². The summed E-state index contributed by atoms with van der Waals surface area (Å²) in [5.74, 6) is -2.23. The maximum atomic E-state index is 11.4. The van der Waals surface area contributed by atoms with E-state index in [0.717, 1.165) is 6.92 Å². The van der Waals surface area contributed by atoms with Crippen LogP contribution in [0, 0.1) is 0 Å². The van der Waals surface area contributed by atoms with Crippen LogP contribution >= 0.6 is 0 Å². The lowest BCUT2D eigenvalue weighted by Gasteiger charge is -1.83. The van der Waals surface area contributed by atoms with Crippen molar-refractivity contribution >= 4 is 0 Å². The summed E-state index contributed by atoms with van der Waals surface area (Å²) < 4.78 is 22.8. The molecule has 0 N–H and O–H groups in total. The van der Waals surface area contributed by atoms with Crippen molar-refractivity contribution in [3.63, 3.8) is 0 Å². The molecule has 0 heterocycles. The Morgan fingerprint density at radius 3 is 2.00 bits per heavy atom. The van der Waals surface area contributed by atoms with E-state index in [4.69, 9.17) is 0 Å². The van der Waals surface area contributed by atoms with E-state index in [1.807, 2.05) is 0 Å². The van der Waals surface area contributed by atoms with Crippen LogP contribution in [0.4, 0.5) is 8.78 Å². The highest BCUT2D eigenvalue weighted by Crippen LogP contribution is 2.03. The second kappa shape index (κ2) is 2.69. The first-order valence-electron chi connectivity index (χ1n) is 1.77. The molecule has 0 spiro atoms. The van der Waals surface area contributed by atoms with Crippen LogP contribution in [0.1, 0.15) is 6.92 Å². The van der Waals surface area contributed by atoms with Gasteiger partial charge in [-0.2, -0.15) is 0 Å². The fraction of sp³-hybridized carbons (Fsp3) is 0.500. The average Bonchev–Trinajstić information content (AvgIpc) is 1.65. The summed E-state index contributed by atoms with van der Waals surface area (Å²) in [5, 5.41) is 9.40. The van der Waals surface area contributed by atoms with Crippen LogP contribution in [-0.2, 0) is 5.11 Å². The fourth-order valence-electron chi connectivity index (χ4n) is 0.0994. The average molecular weight is 107 g/mol. The van der Waals surface area contributed by atoms with Crippen molar-refractivity contribution in [2.45, 2.75) is 6.92 Å². The minimum Gasteiger partial charge on any atom is -0.229 e. The van der Waals surface area contributed by atoms with Crippen LogP contribution in [0.15, 0.2) is 11.7 Å². The molecule has 0 aromatic heterocycles. The molecule has 41 valence electrons. The van der Waals surface area contributed by atoms with Crippen LogP contribution in [0.3, 0.4) is 0 Å². The van der Waals surface area contributed by atoms with Gasteiger partial charge in [0.15, 0.2) is 5.83 Å². The van der Waals surface area contributed by atoms with E-state index in [1.165, 1.54) is 0 Å². The van der Waals surface area contributed by atoms with E-state index >= 15 is 0 Å². The lowest BCUT2D eigenvalue weighted by molar-refractivity contribution is 0.197. The third-order valence-electron chi connectivity index (χ3n) is 0.501. The minimum absolute atomic E-state index is 0.910. The second-order valence-corrected chi connectivity index (χ2v) is 1.08. The maximum absolute atomic E-state index is 11.4. The van der Waals surface area contributed by atoms with E-state index in [0.29, 0.717) is 0 Å². The van der Waals surface area contributed by atoms with Crippen molar-refractivity contribution < 1.29 is 13.9 Å². The van der Waals surface area contributed by atoms with Gasteiger partial charge in [-0.1, -0.05) is 0 Å². The third-order valence-corrected chi connectivity index (χ3v) is 0.501. The smallest absolute Gasteiger partial charge is 0.160 e. The number of allylic oxidation sites excluding steroid dienone is 1. The van der Waals surface area contributed by atoms with Gasteiger partial charge in [0.1, 0.15) is 12.4 Å². The van der Waals surface area contributed by atoms with Crippen molar-refractivity contribution in [1.82, 2.24) is 0 Å². The van der Waals surface area contributed by atoms with Gasteiger partial charge in [-0.3, -0.25) is 0 Å². The minimum atomic E-state index is -1.21. The van der Waals surface area contributed by atoms with Gasteiger partial charge in [-0.05, 0) is 6.92 Å². The highest BCUT2D eigenvalue weighted by Gasteiger charge is 1.95. The molecular weight excluding hydrogens is 102 g/mol. The Balaban J connectivity index is 3.72. The van der Waals surface area contributed by atoms with Crippen molar-refractivity contribution in [3.8, 4) is 0 Å². The monoisotopic (exact) mass is 107 g/mol. The zero-order valence-electron chi connectivity index (χ0n) is 3.87. The molecule has 3 heteroatoms. The van der Waals surface area contributed by atoms with Crippen LogP contribution in [0.5, 0.6) is 0 Å². The Hall–Kier alpha value is -0.440. The van der Waals surface area contributed by atoms with E-state index in [-0.39, 0.29) is 0 Å².